The molecule has 0 saturated carbocycles. The third-order valence-corrected chi connectivity index (χ3v) is 2.12. The van der Waals surface area contributed by atoms with E-state index in [-0.39, 0.29) is 12.2 Å². The summed E-state index contributed by atoms with van der Waals surface area (Å²) < 4.78 is 4.75. The Kier molecular flexibility index (Phi) is 4.19. The highest BCUT2D eigenvalue weighted by Crippen LogP contribution is 2.20. The van der Waals surface area contributed by atoms with Gasteiger partial charge in [0.25, 0.3) is 0 Å². The molecule has 0 aliphatic carbocycles. The molecular weight excluding hydrogens is 206 g/mol. The SMILES string of the molecule is C=C(C(=O)OCC)C(O)c1ccc(C)nc1. The zero-order chi connectivity index (χ0) is 12.1. The molecule has 1 rings (SSSR count). The number of aromatic nitrogens is 1. The number of aliphatic hydroxyl groups is 1. The molecule has 0 saturated heterocycles. The number of ether oxygens (including phenoxy) is 1. The average molecular weight is 221 g/mol. The van der Waals surface area contributed by atoms with E-state index in [1.54, 1.807) is 19.1 Å². The summed E-state index contributed by atoms with van der Waals surface area (Å²) in [5.74, 6) is -0.587. The fourth-order valence-corrected chi connectivity index (χ4v) is 1.18. The number of hydrogen-bond donors (Lipinski definition) is 1. The fraction of sp³-hybridized carbons (Fsp3) is 0.333. The van der Waals surface area contributed by atoms with Crippen LogP contribution in [0, 0.1) is 6.92 Å². The smallest absolute Gasteiger partial charge is 0.336 e. The van der Waals surface area contributed by atoms with Gasteiger partial charge in [-0.2, -0.15) is 0 Å². The van der Waals surface area contributed by atoms with Crippen LogP contribution in [-0.2, 0) is 9.53 Å². The second-order valence-electron chi connectivity index (χ2n) is 3.38. The van der Waals surface area contributed by atoms with Crippen LogP contribution in [0.4, 0.5) is 0 Å². The second-order valence-corrected chi connectivity index (χ2v) is 3.38. The first-order chi connectivity index (χ1) is 7.56. The van der Waals surface area contributed by atoms with Crippen molar-refractivity contribution in [3.8, 4) is 0 Å². The van der Waals surface area contributed by atoms with E-state index in [1.807, 2.05) is 6.92 Å². The van der Waals surface area contributed by atoms with Crippen molar-refractivity contribution in [2.75, 3.05) is 6.61 Å². The van der Waals surface area contributed by atoms with Gasteiger partial charge >= 0.3 is 5.97 Å². The van der Waals surface area contributed by atoms with Crippen molar-refractivity contribution in [3.63, 3.8) is 0 Å². The van der Waals surface area contributed by atoms with Crippen LogP contribution in [-0.4, -0.2) is 22.7 Å². The molecule has 0 fully saturated rings. The minimum atomic E-state index is -1.06. The number of rotatable bonds is 4. The van der Waals surface area contributed by atoms with Gasteiger partial charge in [0.2, 0.25) is 0 Å². The largest absolute Gasteiger partial charge is 0.463 e. The van der Waals surface area contributed by atoms with E-state index in [9.17, 15) is 9.90 Å². The minimum Gasteiger partial charge on any atom is -0.463 e. The quantitative estimate of drug-likeness (QED) is 0.619. The van der Waals surface area contributed by atoms with Crippen LogP contribution < -0.4 is 0 Å². The number of carbonyl (C=O) groups is 1. The first kappa shape index (κ1) is 12.4. The molecule has 1 aromatic heterocycles. The molecule has 4 heteroatoms. The topological polar surface area (TPSA) is 59.4 Å². The van der Waals surface area contributed by atoms with Crippen molar-refractivity contribution in [3.05, 3.63) is 41.7 Å². The minimum absolute atomic E-state index is 0.0208. The standard InChI is InChI=1S/C12H15NO3/c1-4-16-12(15)9(3)11(14)10-6-5-8(2)13-7-10/h5-7,11,14H,3-4H2,1-2H3. The van der Waals surface area contributed by atoms with Crippen molar-refractivity contribution in [1.29, 1.82) is 0 Å². The highest BCUT2D eigenvalue weighted by Gasteiger charge is 2.19. The summed E-state index contributed by atoms with van der Waals surface area (Å²) in [7, 11) is 0. The second kappa shape index (κ2) is 5.42. The predicted octanol–water partition coefficient (Wildman–Crippen LogP) is 1.54. The number of carbonyl (C=O) groups excluding carboxylic acids is 1. The number of hydrogen-bond acceptors (Lipinski definition) is 4. The van der Waals surface area contributed by atoms with Gasteiger partial charge in [0.1, 0.15) is 6.10 Å². The monoisotopic (exact) mass is 221 g/mol. The molecule has 86 valence electrons. The molecule has 0 amide bonds. The maximum absolute atomic E-state index is 11.3. The summed E-state index contributed by atoms with van der Waals surface area (Å²) >= 11 is 0. The molecule has 0 aliphatic heterocycles. The molecule has 1 unspecified atom stereocenters. The van der Waals surface area contributed by atoms with Gasteiger partial charge in [-0.3, -0.25) is 4.98 Å². The average Bonchev–Trinajstić information content (AvgIpc) is 2.28. The molecule has 0 aromatic carbocycles. The van der Waals surface area contributed by atoms with Crippen LogP contribution >= 0.6 is 0 Å². The summed E-state index contributed by atoms with van der Waals surface area (Å²) in [4.78, 5) is 15.4. The molecule has 1 heterocycles. The summed E-state index contributed by atoms with van der Waals surface area (Å²) in [6.07, 6.45) is 0.455. The lowest BCUT2D eigenvalue weighted by Crippen LogP contribution is -2.13. The van der Waals surface area contributed by atoms with Crippen LogP contribution in [0.1, 0.15) is 24.3 Å². The summed E-state index contributed by atoms with van der Waals surface area (Å²) in [5, 5.41) is 9.84. The lowest BCUT2D eigenvalue weighted by atomic mass is 10.0. The number of pyridine rings is 1. The van der Waals surface area contributed by atoms with Crippen molar-refractivity contribution >= 4 is 5.97 Å². The number of aliphatic hydroxyl groups excluding tert-OH is 1. The molecule has 1 aromatic rings. The molecule has 16 heavy (non-hydrogen) atoms. The molecule has 0 bridgehead atoms. The lowest BCUT2D eigenvalue weighted by Gasteiger charge is -2.12. The Morgan fingerprint density at radius 2 is 2.31 bits per heavy atom. The van der Waals surface area contributed by atoms with Crippen molar-refractivity contribution in [1.82, 2.24) is 4.98 Å². The summed E-state index contributed by atoms with van der Waals surface area (Å²) in [6.45, 7) is 7.32. The Balaban J connectivity index is 2.77. The zero-order valence-corrected chi connectivity index (χ0v) is 9.43. The van der Waals surface area contributed by atoms with E-state index in [1.165, 1.54) is 6.20 Å². The highest BCUT2D eigenvalue weighted by atomic mass is 16.5. The first-order valence-electron chi connectivity index (χ1n) is 5.02. The fourth-order valence-electron chi connectivity index (χ4n) is 1.18. The summed E-state index contributed by atoms with van der Waals surface area (Å²) in [6, 6.07) is 3.47. The molecule has 4 nitrogen and oxygen atoms in total. The third-order valence-electron chi connectivity index (χ3n) is 2.12. The van der Waals surface area contributed by atoms with Gasteiger partial charge < -0.3 is 9.84 Å². The zero-order valence-electron chi connectivity index (χ0n) is 9.43. The van der Waals surface area contributed by atoms with Crippen LogP contribution in [0.5, 0.6) is 0 Å². The van der Waals surface area contributed by atoms with Gasteiger partial charge in [0, 0.05) is 17.5 Å². The Hall–Kier alpha value is -1.68. The Bertz CT molecular complexity index is 384. The van der Waals surface area contributed by atoms with E-state index in [0.717, 1.165) is 5.69 Å². The number of nitrogens with zero attached hydrogens (tertiary/aromatic N) is 1. The molecule has 0 aliphatic rings. The van der Waals surface area contributed by atoms with Gasteiger partial charge in [-0.1, -0.05) is 12.6 Å². The van der Waals surface area contributed by atoms with Crippen LogP contribution in [0.2, 0.25) is 0 Å². The van der Waals surface area contributed by atoms with Gasteiger partial charge in [0.15, 0.2) is 0 Å². The van der Waals surface area contributed by atoms with Gasteiger partial charge in [-0.05, 0) is 19.9 Å². The van der Waals surface area contributed by atoms with E-state index in [4.69, 9.17) is 4.74 Å². The number of esters is 1. The normalized spacial score (nSPS) is 11.9. The van der Waals surface area contributed by atoms with E-state index in [0.29, 0.717) is 5.56 Å². The third kappa shape index (κ3) is 2.90. The lowest BCUT2D eigenvalue weighted by molar-refractivity contribution is -0.139. The predicted molar refractivity (Wildman–Crippen MR) is 59.7 cm³/mol. The first-order valence-corrected chi connectivity index (χ1v) is 5.02. The Labute approximate surface area is 94.6 Å². The number of aryl methyl sites for hydroxylation is 1. The van der Waals surface area contributed by atoms with Gasteiger partial charge in [-0.15, -0.1) is 0 Å². The Morgan fingerprint density at radius 3 is 2.81 bits per heavy atom. The van der Waals surface area contributed by atoms with E-state index in [2.05, 4.69) is 11.6 Å². The molecule has 1 N–H and O–H groups in total. The van der Waals surface area contributed by atoms with Gasteiger partial charge in [0.05, 0.1) is 12.2 Å². The van der Waals surface area contributed by atoms with Crippen molar-refractivity contribution in [2.24, 2.45) is 0 Å². The Morgan fingerprint density at radius 1 is 1.62 bits per heavy atom. The van der Waals surface area contributed by atoms with E-state index < -0.39 is 12.1 Å². The van der Waals surface area contributed by atoms with Crippen LogP contribution in [0.3, 0.4) is 0 Å². The molecule has 0 radical (unpaired) electrons. The molecule has 1 atom stereocenters. The molecule has 0 spiro atoms. The maximum atomic E-state index is 11.3. The highest BCUT2D eigenvalue weighted by molar-refractivity contribution is 5.89. The maximum Gasteiger partial charge on any atom is 0.336 e. The summed E-state index contributed by atoms with van der Waals surface area (Å²) in [5.41, 5.74) is 1.40. The van der Waals surface area contributed by atoms with Crippen molar-refractivity contribution in [2.45, 2.75) is 20.0 Å². The van der Waals surface area contributed by atoms with E-state index >= 15 is 0 Å². The molecular formula is C12H15NO3. The van der Waals surface area contributed by atoms with Crippen molar-refractivity contribution < 1.29 is 14.6 Å². The van der Waals surface area contributed by atoms with Crippen LogP contribution in [0.25, 0.3) is 0 Å². The van der Waals surface area contributed by atoms with Crippen LogP contribution in [0.15, 0.2) is 30.5 Å². The van der Waals surface area contributed by atoms with Gasteiger partial charge in [-0.25, -0.2) is 4.79 Å².